The van der Waals surface area contributed by atoms with Crippen LogP contribution in [0.15, 0.2) is 0 Å². The van der Waals surface area contributed by atoms with E-state index < -0.39 is 17.9 Å². The van der Waals surface area contributed by atoms with E-state index in [0.717, 1.165) is 40.4 Å². The molecule has 8 heteroatoms. The smallest absolute Gasteiger partial charge is 0.300 e. The molecule has 0 bridgehead atoms. The molecular formula is C26H56N2O6. The Labute approximate surface area is 209 Å². The summed E-state index contributed by atoms with van der Waals surface area (Å²) < 4.78 is 0. The highest BCUT2D eigenvalue weighted by molar-refractivity contribution is 5.63. The first-order valence-electron chi connectivity index (χ1n) is 13.1. The first-order valence-corrected chi connectivity index (χ1v) is 13.1. The van der Waals surface area contributed by atoms with Gasteiger partial charge >= 0.3 is 0 Å². The lowest BCUT2D eigenvalue weighted by atomic mass is 10.0. The van der Waals surface area contributed by atoms with Crippen LogP contribution in [0.25, 0.3) is 0 Å². The molecule has 0 fully saturated rings. The van der Waals surface area contributed by atoms with Gasteiger partial charge in [-0.3, -0.25) is 14.4 Å². The second-order valence-corrected chi connectivity index (χ2v) is 8.40. The zero-order chi connectivity index (χ0) is 26.9. The zero-order valence-electron chi connectivity index (χ0n) is 22.6. The van der Waals surface area contributed by atoms with Crippen molar-refractivity contribution in [1.29, 1.82) is 0 Å². The second-order valence-electron chi connectivity index (χ2n) is 8.40. The highest BCUT2D eigenvalue weighted by Gasteiger charge is 1.94. The standard InChI is InChI=1S/C20H44N2.3C2H4O2/c1-2-3-4-5-6-7-8-9-10-11-12-13-14-15-16-17-19-22-20-18-21;3*1-2(3)4/h22H,2-21H2,1H3;3*1H3,(H,3,4). The van der Waals surface area contributed by atoms with Crippen LogP contribution in [-0.2, 0) is 14.4 Å². The normalized spacial score (nSPS) is 9.44. The van der Waals surface area contributed by atoms with Gasteiger partial charge in [0, 0.05) is 33.9 Å². The Kier molecular flexibility index (Phi) is 44.9. The highest BCUT2D eigenvalue weighted by atomic mass is 16.4. The van der Waals surface area contributed by atoms with Crippen LogP contribution in [0.4, 0.5) is 0 Å². The molecule has 0 spiro atoms. The molecular weight excluding hydrogens is 436 g/mol. The van der Waals surface area contributed by atoms with Gasteiger partial charge in [0.2, 0.25) is 0 Å². The number of hydrogen-bond acceptors (Lipinski definition) is 5. The molecule has 0 amide bonds. The van der Waals surface area contributed by atoms with Crippen molar-refractivity contribution in [2.45, 2.75) is 130 Å². The summed E-state index contributed by atoms with van der Waals surface area (Å²) in [6.45, 7) is 8.42. The van der Waals surface area contributed by atoms with Crippen molar-refractivity contribution in [3.05, 3.63) is 0 Å². The lowest BCUT2D eigenvalue weighted by Gasteiger charge is -2.04. The number of rotatable bonds is 19. The van der Waals surface area contributed by atoms with E-state index in [2.05, 4.69) is 12.2 Å². The molecule has 0 aromatic rings. The lowest BCUT2D eigenvalue weighted by molar-refractivity contribution is -0.135. The van der Waals surface area contributed by atoms with E-state index in [-0.39, 0.29) is 0 Å². The molecule has 0 aromatic carbocycles. The molecule has 0 aliphatic heterocycles. The predicted molar refractivity (Wildman–Crippen MR) is 141 cm³/mol. The molecule has 0 aromatic heterocycles. The summed E-state index contributed by atoms with van der Waals surface area (Å²) in [6, 6.07) is 0. The van der Waals surface area contributed by atoms with Crippen LogP contribution in [0.3, 0.4) is 0 Å². The van der Waals surface area contributed by atoms with Crippen molar-refractivity contribution in [3.8, 4) is 0 Å². The summed E-state index contributed by atoms with van der Waals surface area (Å²) in [6.07, 6.45) is 23.0. The van der Waals surface area contributed by atoms with E-state index in [9.17, 15) is 0 Å². The molecule has 0 saturated heterocycles. The van der Waals surface area contributed by atoms with Crippen LogP contribution in [-0.4, -0.2) is 52.9 Å². The van der Waals surface area contributed by atoms with Crippen molar-refractivity contribution >= 4 is 17.9 Å². The maximum Gasteiger partial charge on any atom is 0.300 e. The van der Waals surface area contributed by atoms with Gasteiger partial charge in [-0.1, -0.05) is 103 Å². The molecule has 0 aliphatic carbocycles. The van der Waals surface area contributed by atoms with E-state index in [0.29, 0.717) is 0 Å². The van der Waals surface area contributed by atoms with Crippen LogP contribution in [0.2, 0.25) is 0 Å². The molecule has 0 saturated carbocycles. The third-order valence-corrected chi connectivity index (χ3v) is 4.53. The number of nitrogens with one attached hydrogen (secondary N) is 1. The molecule has 206 valence electrons. The first kappa shape index (κ1) is 39.5. The molecule has 0 unspecified atom stereocenters. The van der Waals surface area contributed by atoms with E-state index in [1.165, 1.54) is 103 Å². The van der Waals surface area contributed by atoms with Gasteiger partial charge in [-0.25, -0.2) is 0 Å². The number of carbonyl (C=O) groups is 3. The van der Waals surface area contributed by atoms with Crippen LogP contribution >= 0.6 is 0 Å². The minimum Gasteiger partial charge on any atom is -0.481 e. The Morgan fingerprint density at radius 3 is 1.00 bits per heavy atom. The van der Waals surface area contributed by atoms with Gasteiger partial charge in [0.1, 0.15) is 0 Å². The predicted octanol–water partition coefficient (Wildman–Crippen LogP) is 6.07. The number of nitrogens with two attached hydrogens (primary N) is 1. The lowest BCUT2D eigenvalue weighted by Crippen LogP contribution is -2.23. The van der Waals surface area contributed by atoms with Gasteiger partial charge in [0.15, 0.2) is 0 Å². The molecule has 0 radical (unpaired) electrons. The van der Waals surface area contributed by atoms with Crippen LogP contribution < -0.4 is 11.1 Å². The number of carboxylic acids is 3. The van der Waals surface area contributed by atoms with Crippen LogP contribution in [0.1, 0.15) is 130 Å². The molecule has 0 heterocycles. The summed E-state index contributed by atoms with van der Waals surface area (Å²) in [5, 5.41) is 25.6. The van der Waals surface area contributed by atoms with E-state index in [4.69, 9.17) is 35.4 Å². The zero-order valence-corrected chi connectivity index (χ0v) is 22.6. The van der Waals surface area contributed by atoms with E-state index in [1.54, 1.807) is 0 Å². The third kappa shape index (κ3) is 86.9. The Hall–Kier alpha value is -1.67. The average molecular weight is 493 g/mol. The number of hydrogen-bond donors (Lipinski definition) is 5. The molecule has 8 nitrogen and oxygen atoms in total. The van der Waals surface area contributed by atoms with Crippen molar-refractivity contribution in [3.63, 3.8) is 0 Å². The van der Waals surface area contributed by atoms with Crippen molar-refractivity contribution in [1.82, 2.24) is 5.32 Å². The van der Waals surface area contributed by atoms with Gasteiger partial charge in [-0.15, -0.1) is 0 Å². The Bertz CT molecular complexity index is 360. The largest absolute Gasteiger partial charge is 0.481 e. The Balaban J connectivity index is -0.000000307. The Morgan fingerprint density at radius 1 is 0.529 bits per heavy atom. The fourth-order valence-corrected chi connectivity index (χ4v) is 3.03. The average Bonchev–Trinajstić information content (AvgIpc) is 2.72. The highest BCUT2D eigenvalue weighted by Crippen LogP contribution is 2.13. The number of unbranched alkanes of at least 4 members (excludes halogenated alkanes) is 15. The Morgan fingerprint density at radius 2 is 0.765 bits per heavy atom. The number of carboxylic acid groups (broad SMARTS) is 3. The quantitative estimate of drug-likeness (QED) is 0.136. The van der Waals surface area contributed by atoms with Gasteiger partial charge < -0.3 is 26.4 Å². The topological polar surface area (TPSA) is 150 Å². The van der Waals surface area contributed by atoms with E-state index >= 15 is 0 Å². The van der Waals surface area contributed by atoms with Crippen molar-refractivity contribution in [2.75, 3.05) is 19.6 Å². The maximum atomic E-state index is 9.00. The van der Waals surface area contributed by atoms with Gasteiger partial charge in [0.05, 0.1) is 0 Å². The first-order chi connectivity index (χ1) is 16.1. The molecule has 0 atom stereocenters. The van der Waals surface area contributed by atoms with Gasteiger partial charge in [-0.05, 0) is 13.0 Å². The third-order valence-electron chi connectivity index (χ3n) is 4.53. The summed E-state index contributed by atoms with van der Waals surface area (Å²) in [4.78, 5) is 27.0. The molecule has 0 aliphatic rings. The van der Waals surface area contributed by atoms with Crippen molar-refractivity contribution < 1.29 is 29.7 Å². The maximum absolute atomic E-state index is 9.00. The number of aliphatic carboxylic acids is 3. The fourth-order valence-electron chi connectivity index (χ4n) is 3.03. The SMILES string of the molecule is CC(=O)O.CC(=O)O.CC(=O)O.CCCCCCCCCCCCCCCCCCNCCN. The summed E-state index contributed by atoms with van der Waals surface area (Å²) >= 11 is 0. The minimum absolute atomic E-state index is 0.763. The summed E-state index contributed by atoms with van der Waals surface area (Å²) in [5.74, 6) is -2.50. The van der Waals surface area contributed by atoms with Gasteiger partial charge in [-0.2, -0.15) is 0 Å². The fraction of sp³-hybridized carbons (Fsp3) is 0.885. The van der Waals surface area contributed by atoms with Crippen LogP contribution in [0, 0.1) is 0 Å². The van der Waals surface area contributed by atoms with Gasteiger partial charge in [0.25, 0.3) is 17.9 Å². The van der Waals surface area contributed by atoms with Crippen molar-refractivity contribution in [2.24, 2.45) is 5.73 Å². The second kappa shape index (κ2) is 38.6. The monoisotopic (exact) mass is 492 g/mol. The molecule has 6 N–H and O–H groups in total. The molecule has 34 heavy (non-hydrogen) atoms. The van der Waals surface area contributed by atoms with E-state index in [1.807, 2.05) is 0 Å². The summed E-state index contributed by atoms with van der Waals surface area (Å²) in [5.41, 5.74) is 5.44. The van der Waals surface area contributed by atoms with Crippen LogP contribution in [0.5, 0.6) is 0 Å². The summed E-state index contributed by atoms with van der Waals surface area (Å²) in [7, 11) is 0. The minimum atomic E-state index is -0.833. The molecule has 0 rings (SSSR count).